The molecule has 3 fully saturated rings. The highest BCUT2D eigenvalue weighted by Crippen LogP contribution is 2.35. The summed E-state index contributed by atoms with van der Waals surface area (Å²) in [5.74, 6) is 0.0151. The van der Waals surface area contributed by atoms with Gasteiger partial charge in [0.2, 0.25) is 5.91 Å². The van der Waals surface area contributed by atoms with Gasteiger partial charge in [-0.15, -0.1) is 6.58 Å². The molecule has 124 valence electrons. The summed E-state index contributed by atoms with van der Waals surface area (Å²) in [5.41, 5.74) is 0.393. The lowest BCUT2D eigenvalue weighted by molar-refractivity contribution is -0.126. The van der Waals surface area contributed by atoms with E-state index in [2.05, 4.69) is 26.8 Å². The number of fused-ring (bicyclic) bond motifs is 2. The van der Waals surface area contributed by atoms with Gasteiger partial charge in [-0.1, -0.05) is 17.7 Å². The van der Waals surface area contributed by atoms with Crippen LogP contribution >= 0.6 is 11.6 Å². The number of carbonyl (C=O) groups is 1. The summed E-state index contributed by atoms with van der Waals surface area (Å²) in [4.78, 5) is 28.0. The molecule has 1 amide bonds. The number of piperidine rings is 1. The molecule has 7 nitrogen and oxygen atoms in total. The van der Waals surface area contributed by atoms with Crippen molar-refractivity contribution in [2.75, 3.05) is 31.1 Å². The largest absolute Gasteiger partial charge is 0.366 e. The Morgan fingerprint density at radius 1 is 1.52 bits per heavy atom. The van der Waals surface area contributed by atoms with Crippen LogP contribution < -0.4 is 15.8 Å². The van der Waals surface area contributed by atoms with E-state index in [0.717, 1.165) is 19.5 Å². The van der Waals surface area contributed by atoms with Crippen LogP contribution in [0.4, 0.5) is 5.69 Å². The van der Waals surface area contributed by atoms with Crippen molar-refractivity contribution in [2.24, 2.45) is 7.05 Å². The summed E-state index contributed by atoms with van der Waals surface area (Å²) < 4.78 is 1.23. The van der Waals surface area contributed by atoms with E-state index in [9.17, 15) is 9.59 Å². The minimum atomic E-state index is -0.288. The molecule has 1 N–H and O–H groups in total. The summed E-state index contributed by atoms with van der Waals surface area (Å²) in [6, 6.07) is 0.617. The lowest BCUT2D eigenvalue weighted by Gasteiger charge is -2.56. The molecule has 3 aliphatic rings. The number of anilines is 1. The summed E-state index contributed by atoms with van der Waals surface area (Å²) in [7, 11) is 1.58. The van der Waals surface area contributed by atoms with Gasteiger partial charge in [0.15, 0.2) is 0 Å². The Morgan fingerprint density at radius 2 is 2.22 bits per heavy atom. The second-order valence-corrected chi connectivity index (χ2v) is 6.36. The van der Waals surface area contributed by atoms with E-state index >= 15 is 0 Å². The molecule has 0 radical (unpaired) electrons. The molecule has 8 heteroatoms. The van der Waals surface area contributed by atoms with Crippen LogP contribution in [0.3, 0.4) is 0 Å². The molecule has 2 atom stereocenters. The van der Waals surface area contributed by atoms with Crippen molar-refractivity contribution in [2.45, 2.75) is 18.5 Å². The first kappa shape index (κ1) is 16.0. The van der Waals surface area contributed by atoms with E-state index in [-0.39, 0.29) is 16.5 Å². The molecule has 4 heterocycles. The summed E-state index contributed by atoms with van der Waals surface area (Å²) in [5, 5.41) is 7.05. The Labute approximate surface area is 139 Å². The number of nitrogens with zero attached hydrogens (tertiary/aromatic N) is 4. The number of aromatic nitrogens is 2. The number of carbonyl (C=O) groups excluding carboxylic acids is 1. The third kappa shape index (κ3) is 2.98. The van der Waals surface area contributed by atoms with E-state index in [0.29, 0.717) is 30.9 Å². The maximum atomic E-state index is 11.9. The first-order valence-corrected chi connectivity index (χ1v) is 7.99. The minimum absolute atomic E-state index is 0.0151. The molecule has 4 rings (SSSR count). The summed E-state index contributed by atoms with van der Waals surface area (Å²) >= 11 is 6.17. The zero-order valence-corrected chi connectivity index (χ0v) is 13.8. The van der Waals surface area contributed by atoms with Gasteiger partial charge >= 0.3 is 0 Å². The van der Waals surface area contributed by atoms with Crippen molar-refractivity contribution >= 4 is 23.2 Å². The van der Waals surface area contributed by atoms with Gasteiger partial charge in [0.05, 0.1) is 18.4 Å². The number of piperazine rings is 1. The SMILES string of the molecule is C=CCNC(=O)CN1C2CC1CN(c1cnn(C)c(=O)c1Cl)C2. The third-order valence-corrected chi connectivity index (χ3v) is 4.87. The van der Waals surface area contributed by atoms with Crippen molar-refractivity contribution in [1.82, 2.24) is 20.0 Å². The average Bonchev–Trinajstić information content (AvgIpc) is 2.55. The van der Waals surface area contributed by atoms with Crippen LogP contribution in [-0.2, 0) is 11.8 Å². The number of hydrogen-bond acceptors (Lipinski definition) is 5. The fraction of sp³-hybridized carbons (Fsp3) is 0.533. The maximum Gasteiger partial charge on any atom is 0.287 e. The van der Waals surface area contributed by atoms with Crippen LogP contribution in [0.15, 0.2) is 23.6 Å². The molecule has 1 aromatic heterocycles. The Hall–Kier alpha value is -1.86. The Balaban J connectivity index is 1.65. The predicted octanol–water partition coefficient (Wildman–Crippen LogP) is -0.00120. The van der Waals surface area contributed by atoms with Gasteiger partial charge in [0, 0.05) is 38.8 Å². The molecule has 0 aromatic carbocycles. The monoisotopic (exact) mass is 337 g/mol. The number of rotatable bonds is 5. The van der Waals surface area contributed by atoms with Crippen molar-refractivity contribution < 1.29 is 4.79 Å². The van der Waals surface area contributed by atoms with Crippen LogP contribution in [-0.4, -0.2) is 58.9 Å². The van der Waals surface area contributed by atoms with E-state index in [4.69, 9.17) is 11.6 Å². The molecule has 0 spiro atoms. The molecule has 23 heavy (non-hydrogen) atoms. The summed E-state index contributed by atoms with van der Waals surface area (Å²) in [6.45, 7) is 5.98. The topological polar surface area (TPSA) is 70.5 Å². The zero-order chi connectivity index (χ0) is 16.6. The van der Waals surface area contributed by atoms with E-state index in [1.807, 2.05) is 0 Å². The van der Waals surface area contributed by atoms with Crippen molar-refractivity contribution in [3.63, 3.8) is 0 Å². The molecule has 2 bridgehead atoms. The van der Waals surface area contributed by atoms with Gasteiger partial charge < -0.3 is 10.2 Å². The average molecular weight is 338 g/mol. The van der Waals surface area contributed by atoms with Crippen molar-refractivity contribution in [3.8, 4) is 0 Å². The summed E-state index contributed by atoms with van der Waals surface area (Å²) in [6.07, 6.45) is 4.37. The first-order chi connectivity index (χ1) is 11.0. The fourth-order valence-electron chi connectivity index (χ4n) is 3.27. The van der Waals surface area contributed by atoms with Gasteiger partial charge in [0.25, 0.3) is 5.56 Å². The van der Waals surface area contributed by atoms with Crippen molar-refractivity contribution in [3.05, 3.63) is 34.2 Å². The maximum absolute atomic E-state index is 11.9. The number of aryl methyl sites for hydroxylation is 1. The molecule has 3 saturated heterocycles. The molecule has 0 saturated carbocycles. The van der Waals surface area contributed by atoms with E-state index in [1.165, 1.54) is 4.68 Å². The number of amides is 1. The Morgan fingerprint density at radius 3 is 2.87 bits per heavy atom. The standard InChI is InChI=1S/C15H20ClN5O2/c1-3-4-17-13(22)9-21-10-5-11(21)8-20(7-10)12-6-18-19(2)15(23)14(12)16/h3,6,10-11H,1,4-5,7-9H2,2H3,(H,17,22). The second kappa shape index (κ2) is 6.33. The van der Waals surface area contributed by atoms with Gasteiger partial charge in [-0.25, -0.2) is 4.68 Å². The molecular weight excluding hydrogens is 318 g/mol. The molecule has 3 aliphatic heterocycles. The smallest absolute Gasteiger partial charge is 0.287 e. The molecule has 1 aromatic rings. The minimum Gasteiger partial charge on any atom is -0.366 e. The Kier molecular flexibility index (Phi) is 4.41. The third-order valence-electron chi connectivity index (χ3n) is 4.51. The highest BCUT2D eigenvalue weighted by Gasteiger charge is 2.45. The molecule has 2 unspecified atom stereocenters. The first-order valence-electron chi connectivity index (χ1n) is 7.61. The van der Waals surface area contributed by atoms with Crippen LogP contribution in [0, 0.1) is 0 Å². The predicted molar refractivity (Wildman–Crippen MR) is 88.8 cm³/mol. The lowest BCUT2D eigenvalue weighted by Crippen LogP contribution is -2.70. The molecular formula is C15H20ClN5O2. The number of hydrogen-bond donors (Lipinski definition) is 1. The Bertz CT molecular complexity index is 677. The van der Waals surface area contributed by atoms with Crippen LogP contribution in [0.25, 0.3) is 0 Å². The van der Waals surface area contributed by atoms with Crippen LogP contribution in [0.2, 0.25) is 5.02 Å². The van der Waals surface area contributed by atoms with E-state index in [1.54, 1.807) is 19.3 Å². The lowest BCUT2D eigenvalue weighted by atomic mass is 9.87. The highest BCUT2D eigenvalue weighted by atomic mass is 35.5. The van der Waals surface area contributed by atoms with Crippen LogP contribution in [0.1, 0.15) is 6.42 Å². The van der Waals surface area contributed by atoms with Crippen LogP contribution in [0.5, 0.6) is 0 Å². The van der Waals surface area contributed by atoms with Gasteiger partial charge in [0.1, 0.15) is 5.02 Å². The quantitative estimate of drug-likeness (QED) is 0.766. The number of nitrogens with one attached hydrogen (secondary N) is 1. The van der Waals surface area contributed by atoms with Gasteiger partial charge in [-0.05, 0) is 6.42 Å². The number of halogens is 1. The van der Waals surface area contributed by atoms with Crippen molar-refractivity contribution in [1.29, 1.82) is 0 Å². The fourth-order valence-corrected chi connectivity index (χ4v) is 3.56. The normalized spacial score (nSPS) is 23.3. The van der Waals surface area contributed by atoms with E-state index < -0.39 is 0 Å². The van der Waals surface area contributed by atoms with Gasteiger partial charge in [-0.3, -0.25) is 14.5 Å². The molecule has 0 aliphatic carbocycles. The zero-order valence-electron chi connectivity index (χ0n) is 13.0. The van der Waals surface area contributed by atoms with Gasteiger partial charge in [-0.2, -0.15) is 5.10 Å². The second-order valence-electron chi connectivity index (χ2n) is 5.99. The highest BCUT2D eigenvalue weighted by molar-refractivity contribution is 6.33.